The molecule has 0 aromatic rings. The summed E-state index contributed by atoms with van der Waals surface area (Å²) in [5.41, 5.74) is 2.51. The third-order valence-corrected chi connectivity index (χ3v) is 0.326. The van der Waals surface area contributed by atoms with E-state index in [1.165, 1.54) is 0 Å². The van der Waals surface area contributed by atoms with E-state index in [0.29, 0.717) is 6.73 Å². The summed E-state index contributed by atoms with van der Waals surface area (Å²) in [5, 5.41) is 3.36. The van der Waals surface area contributed by atoms with Crippen LogP contribution in [0.2, 0.25) is 0 Å². The molecule has 0 spiro atoms. The molecule has 0 bridgehead atoms. The molecule has 0 saturated carbocycles. The molecule has 0 aromatic heterocycles. The Morgan fingerprint density at radius 1 is 2.00 bits per heavy atom. The van der Waals surface area contributed by atoms with Gasteiger partial charge in [0, 0.05) is 0 Å². The van der Waals surface area contributed by atoms with Crippen molar-refractivity contribution in [1.82, 2.24) is 5.43 Å². The first-order valence-corrected chi connectivity index (χ1v) is 1.29. The zero-order chi connectivity index (χ0) is 3.54. The van der Waals surface area contributed by atoms with Gasteiger partial charge in [-0.05, 0) is 0 Å². The maximum absolute atomic E-state index is 4.42. The second kappa shape index (κ2) is 0.924. The topological polar surface area (TPSA) is 33.6 Å². The molecular weight excluding hydrogens is 68.0 g/mol. The molecule has 3 nitrogen and oxygen atoms in total. The van der Waals surface area contributed by atoms with Crippen molar-refractivity contribution >= 4 is 6.40 Å². The molecule has 0 aliphatic carbocycles. The summed E-state index contributed by atoms with van der Waals surface area (Å²) in [6.07, 6.45) is 2.24. The summed E-state index contributed by atoms with van der Waals surface area (Å²) in [6, 6.07) is 0. The first-order valence-electron chi connectivity index (χ1n) is 1.29. The van der Waals surface area contributed by atoms with Gasteiger partial charge in [-0.15, -0.1) is 5.10 Å². The van der Waals surface area contributed by atoms with Crippen LogP contribution in [0.1, 0.15) is 0 Å². The Labute approximate surface area is 29.6 Å². The van der Waals surface area contributed by atoms with E-state index in [0.717, 1.165) is 0 Å². The summed E-state index contributed by atoms with van der Waals surface area (Å²) in [7, 11) is 0. The highest BCUT2D eigenvalue weighted by atomic mass is 16.5. The Morgan fingerprint density at radius 2 is 3.00 bits per heavy atom. The predicted octanol–water partition coefficient (Wildman–Crippen LogP) is -0.616. The second-order valence-electron chi connectivity index (χ2n) is 0.650. The number of hydrogen-bond donors (Lipinski definition) is 1. The van der Waals surface area contributed by atoms with Gasteiger partial charge in [-0.3, -0.25) is 5.43 Å². The minimum atomic E-state index is 0.472. The van der Waals surface area contributed by atoms with Crippen LogP contribution < -0.4 is 5.43 Å². The average Bonchev–Trinajstić information content (AvgIpc) is 1.76. The summed E-state index contributed by atoms with van der Waals surface area (Å²) in [6.45, 7) is 0.472. The molecule has 3 heteroatoms. The van der Waals surface area contributed by atoms with E-state index in [1.807, 2.05) is 0 Å². The van der Waals surface area contributed by atoms with Gasteiger partial charge < -0.3 is 4.74 Å². The van der Waals surface area contributed by atoms with Crippen LogP contribution in [-0.2, 0) is 4.74 Å². The molecule has 1 aliphatic heterocycles. The molecule has 0 aromatic carbocycles. The number of rotatable bonds is 0. The Kier molecular flexibility index (Phi) is 0.463. The van der Waals surface area contributed by atoms with E-state index in [4.69, 9.17) is 0 Å². The Morgan fingerprint density at radius 3 is 3.20 bits per heavy atom. The molecular formula is C2H3N2O. The van der Waals surface area contributed by atoms with Crippen molar-refractivity contribution in [2.75, 3.05) is 6.73 Å². The van der Waals surface area contributed by atoms with Crippen LogP contribution >= 0.6 is 0 Å². The summed E-state index contributed by atoms with van der Waals surface area (Å²) < 4.78 is 4.42. The molecule has 1 aliphatic rings. The number of hydrogen-bond acceptors (Lipinski definition) is 3. The number of nitrogens with one attached hydrogen (secondary N) is 1. The fourth-order valence-corrected chi connectivity index (χ4v) is 0.161. The van der Waals surface area contributed by atoms with Crippen LogP contribution in [0.4, 0.5) is 0 Å². The molecule has 5 heavy (non-hydrogen) atoms. The van der Waals surface area contributed by atoms with Gasteiger partial charge in [-0.2, -0.15) is 0 Å². The lowest BCUT2D eigenvalue weighted by Gasteiger charge is -1.78. The number of nitrogens with zero attached hydrogens (tertiary/aromatic N) is 1. The van der Waals surface area contributed by atoms with Gasteiger partial charge in [-0.25, -0.2) is 0 Å². The highest BCUT2D eigenvalue weighted by Gasteiger charge is 1.83. The van der Waals surface area contributed by atoms with Crippen molar-refractivity contribution in [2.24, 2.45) is 5.10 Å². The van der Waals surface area contributed by atoms with E-state index < -0.39 is 0 Å². The third-order valence-electron chi connectivity index (χ3n) is 0.326. The lowest BCUT2D eigenvalue weighted by molar-refractivity contribution is 0.327. The van der Waals surface area contributed by atoms with Crippen LogP contribution in [0.3, 0.4) is 0 Å². The highest BCUT2D eigenvalue weighted by Crippen LogP contribution is 1.69. The maximum atomic E-state index is 4.42. The van der Waals surface area contributed by atoms with Crippen LogP contribution in [0.5, 0.6) is 0 Å². The van der Waals surface area contributed by atoms with Crippen molar-refractivity contribution in [2.45, 2.75) is 0 Å². The largest absolute Gasteiger partial charge is 0.450 e. The van der Waals surface area contributed by atoms with Gasteiger partial charge in [0.15, 0.2) is 6.73 Å². The lowest BCUT2D eigenvalue weighted by Crippen LogP contribution is -1.98. The smallest absolute Gasteiger partial charge is 0.298 e. The zero-order valence-corrected chi connectivity index (χ0v) is 2.56. The van der Waals surface area contributed by atoms with E-state index >= 15 is 0 Å². The molecule has 0 amide bonds. The molecule has 1 radical (unpaired) electrons. The fourth-order valence-electron chi connectivity index (χ4n) is 0.161. The van der Waals surface area contributed by atoms with Crippen molar-refractivity contribution < 1.29 is 4.74 Å². The normalized spacial score (nSPS) is 17.6. The molecule has 0 saturated heterocycles. The second-order valence-corrected chi connectivity index (χ2v) is 0.650. The van der Waals surface area contributed by atoms with Crippen LogP contribution in [0, 0.1) is 0 Å². The van der Waals surface area contributed by atoms with Crippen molar-refractivity contribution in [3.63, 3.8) is 0 Å². The van der Waals surface area contributed by atoms with Crippen LogP contribution in [-0.4, -0.2) is 13.1 Å². The van der Waals surface area contributed by atoms with Crippen LogP contribution in [0.15, 0.2) is 5.10 Å². The van der Waals surface area contributed by atoms with Gasteiger partial charge >= 0.3 is 0 Å². The SMILES string of the molecule is [C]1=NNCO1. The minimum Gasteiger partial charge on any atom is -0.450 e. The molecule has 27 valence electrons. The number of ether oxygens (including phenoxy) is 1. The Bertz CT molecular complexity index is 45.6. The predicted molar refractivity (Wildman–Crippen MR) is 16.5 cm³/mol. The molecule has 0 unspecified atom stereocenters. The van der Waals surface area contributed by atoms with Crippen molar-refractivity contribution in [1.29, 1.82) is 0 Å². The van der Waals surface area contributed by atoms with Crippen LogP contribution in [0.25, 0.3) is 0 Å². The molecule has 0 atom stereocenters. The summed E-state index contributed by atoms with van der Waals surface area (Å²) >= 11 is 0. The average molecular weight is 71.1 g/mol. The summed E-state index contributed by atoms with van der Waals surface area (Å²) in [5.74, 6) is 0. The van der Waals surface area contributed by atoms with E-state index in [9.17, 15) is 0 Å². The standard InChI is InChI=1S/C2H3N2O/c1-3-4-2-5-1/h3H,1H2. The Balaban J connectivity index is 2.32. The van der Waals surface area contributed by atoms with E-state index in [-0.39, 0.29) is 0 Å². The van der Waals surface area contributed by atoms with Gasteiger partial charge in [-0.1, -0.05) is 0 Å². The zero-order valence-electron chi connectivity index (χ0n) is 2.56. The lowest BCUT2D eigenvalue weighted by atomic mass is 11.3. The monoisotopic (exact) mass is 71.0 g/mol. The first-order chi connectivity index (χ1) is 2.50. The molecule has 1 rings (SSSR count). The van der Waals surface area contributed by atoms with E-state index in [2.05, 4.69) is 21.7 Å². The molecule has 0 fully saturated rings. The molecule has 1 heterocycles. The minimum absolute atomic E-state index is 0.472. The van der Waals surface area contributed by atoms with Crippen molar-refractivity contribution in [3.8, 4) is 0 Å². The third kappa shape index (κ3) is 0.289. The first kappa shape index (κ1) is 2.50. The fraction of sp³-hybridized carbons (Fsp3) is 0.500. The van der Waals surface area contributed by atoms with Gasteiger partial charge in [0.05, 0.1) is 0 Å². The maximum Gasteiger partial charge on any atom is 0.298 e. The number of hydrazone groups is 1. The van der Waals surface area contributed by atoms with E-state index in [1.54, 1.807) is 0 Å². The Hall–Kier alpha value is -0.730. The van der Waals surface area contributed by atoms with Gasteiger partial charge in [0.1, 0.15) is 0 Å². The summed E-state index contributed by atoms with van der Waals surface area (Å²) in [4.78, 5) is 0. The van der Waals surface area contributed by atoms with Crippen molar-refractivity contribution in [3.05, 3.63) is 0 Å². The van der Waals surface area contributed by atoms with Gasteiger partial charge in [0.25, 0.3) is 6.40 Å². The highest BCUT2D eigenvalue weighted by molar-refractivity contribution is 5.46. The molecule has 1 N–H and O–H groups in total. The quantitative estimate of drug-likeness (QED) is 0.413. The van der Waals surface area contributed by atoms with Gasteiger partial charge in [0.2, 0.25) is 0 Å².